The second kappa shape index (κ2) is 11.1. The molecular weight excluding hydrogens is 556 g/mol. The number of hydrogen-bond donors (Lipinski definition) is 1. The van der Waals surface area contributed by atoms with Crippen molar-refractivity contribution in [1.29, 1.82) is 0 Å². The van der Waals surface area contributed by atoms with Crippen LogP contribution in [0.1, 0.15) is 43.7 Å². The normalized spacial score (nSPS) is 22.6. The lowest BCUT2D eigenvalue weighted by Gasteiger charge is -2.37. The smallest absolute Gasteiger partial charge is 0.271 e. The van der Waals surface area contributed by atoms with E-state index in [0.29, 0.717) is 27.7 Å². The molecule has 0 unspecified atom stereocenters. The SMILES string of the molecule is C[C@@H]1C[C@H](C)CN(c2ccc(N3C(=S)N[C@H](c4ccccn4)[C@H]3c3cccn3-c3cccc([N+](=O)[O-])c3)cc2Cl)C1. The lowest BCUT2D eigenvalue weighted by Crippen LogP contribution is -2.38. The van der Waals surface area contributed by atoms with Gasteiger partial charge in [0.1, 0.15) is 6.04 Å². The van der Waals surface area contributed by atoms with Crippen molar-refractivity contribution >= 4 is 46.0 Å². The largest absolute Gasteiger partial charge is 0.370 e. The third kappa shape index (κ3) is 5.27. The number of nitrogens with zero attached hydrogens (tertiary/aromatic N) is 5. The van der Waals surface area contributed by atoms with E-state index in [9.17, 15) is 10.1 Å². The van der Waals surface area contributed by atoms with Crippen LogP contribution in [0.5, 0.6) is 0 Å². The van der Waals surface area contributed by atoms with E-state index in [0.717, 1.165) is 35.9 Å². The zero-order chi connectivity index (χ0) is 28.7. The molecule has 0 bridgehead atoms. The Morgan fingerprint density at radius 2 is 1.80 bits per heavy atom. The molecule has 1 N–H and O–H groups in total. The number of thiocarbonyl (C=S) groups is 1. The Labute approximate surface area is 249 Å². The lowest BCUT2D eigenvalue weighted by molar-refractivity contribution is -0.384. The zero-order valence-electron chi connectivity index (χ0n) is 22.9. The van der Waals surface area contributed by atoms with Gasteiger partial charge in [-0.05, 0) is 79.0 Å². The van der Waals surface area contributed by atoms with Gasteiger partial charge in [-0.3, -0.25) is 15.1 Å². The number of halogens is 1. The van der Waals surface area contributed by atoms with E-state index in [1.165, 1.54) is 12.5 Å². The van der Waals surface area contributed by atoms with Crippen molar-refractivity contribution in [2.24, 2.45) is 11.8 Å². The van der Waals surface area contributed by atoms with Crippen molar-refractivity contribution in [3.63, 3.8) is 0 Å². The highest BCUT2D eigenvalue weighted by Gasteiger charge is 2.42. The van der Waals surface area contributed by atoms with Gasteiger partial charge in [-0.1, -0.05) is 37.6 Å². The number of aromatic nitrogens is 2. The molecule has 0 spiro atoms. The fourth-order valence-electron chi connectivity index (χ4n) is 6.32. The maximum atomic E-state index is 11.5. The van der Waals surface area contributed by atoms with Crippen LogP contribution in [0, 0.1) is 22.0 Å². The molecule has 2 fully saturated rings. The van der Waals surface area contributed by atoms with Crippen molar-refractivity contribution in [1.82, 2.24) is 14.9 Å². The quantitative estimate of drug-likeness (QED) is 0.147. The summed E-state index contributed by atoms with van der Waals surface area (Å²) in [7, 11) is 0. The van der Waals surface area contributed by atoms with E-state index in [1.807, 2.05) is 53.2 Å². The van der Waals surface area contributed by atoms with Gasteiger partial charge in [-0.25, -0.2) is 0 Å². The number of benzene rings is 2. The summed E-state index contributed by atoms with van der Waals surface area (Å²) in [6.45, 7) is 6.54. The summed E-state index contributed by atoms with van der Waals surface area (Å²) in [6.07, 6.45) is 4.91. The molecule has 2 aliphatic rings. The molecule has 0 amide bonds. The third-order valence-electron chi connectivity index (χ3n) is 7.92. The van der Waals surface area contributed by atoms with E-state index in [4.69, 9.17) is 23.8 Å². The van der Waals surface area contributed by atoms with Crippen LogP contribution in [0.25, 0.3) is 5.69 Å². The number of pyridine rings is 1. The van der Waals surface area contributed by atoms with Crippen molar-refractivity contribution in [2.75, 3.05) is 22.9 Å². The Morgan fingerprint density at radius 3 is 2.51 bits per heavy atom. The van der Waals surface area contributed by atoms with Gasteiger partial charge in [0.25, 0.3) is 5.69 Å². The second-order valence-corrected chi connectivity index (χ2v) is 11.9. The molecule has 2 aliphatic heterocycles. The highest BCUT2D eigenvalue weighted by atomic mass is 35.5. The van der Waals surface area contributed by atoms with Crippen LogP contribution in [-0.4, -0.2) is 32.7 Å². The number of rotatable bonds is 6. The molecule has 6 rings (SSSR count). The number of anilines is 2. The number of nitro benzene ring substituents is 1. The lowest BCUT2D eigenvalue weighted by atomic mass is 9.91. The fraction of sp³-hybridized carbons (Fsp3) is 0.290. The minimum atomic E-state index is -0.380. The summed E-state index contributed by atoms with van der Waals surface area (Å²) in [6, 6.07) is 22.0. The number of nitrogens with one attached hydrogen (secondary N) is 1. The average molecular weight is 587 g/mol. The first kappa shape index (κ1) is 27.2. The van der Waals surface area contributed by atoms with Gasteiger partial charge in [0.2, 0.25) is 0 Å². The molecule has 4 atom stereocenters. The number of non-ortho nitro benzene ring substituents is 1. The van der Waals surface area contributed by atoms with Crippen LogP contribution in [0.4, 0.5) is 17.1 Å². The molecule has 0 aliphatic carbocycles. The van der Waals surface area contributed by atoms with E-state index in [1.54, 1.807) is 18.3 Å². The standard InChI is InChI=1S/C31H31ClN6O2S/c1-20-15-21(2)19-35(18-20)27-12-11-23(17-25(27)32)37-30(29(34-31(37)41)26-9-3-4-13-33-26)28-10-6-14-36(28)22-7-5-8-24(16-22)38(39)40/h3-14,16-17,20-21,29-30H,15,18-19H2,1-2H3,(H,34,41)/t20-,21+,29-,30-/m1/s1. The van der Waals surface area contributed by atoms with Crippen molar-refractivity contribution < 1.29 is 4.92 Å². The number of piperidine rings is 1. The highest BCUT2D eigenvalue weighted by Crippen LogP contribution is 2.44. The van der Waals surface area contributed by atoms with Gasteiger partial charge in [0.05, 0.1) is 33.1 Å². The van der Waals surface area contributed by atoms with Gasteiger partial charge >= 0.3 is 0 Å². The summed E-state index contributed by atoms with van der Waals surface area (Å²) < 4.78 is 1.97. The predicted molar refractivity (Wildman–Crippen MR) is 167 cm³/mol. The minimum Gasteiger partial charge on any atom is -0.370 e. The molecule has 0 saturated carbocycles. The summed E-state index contributed by atoms with van der Waals surface area (Å²) in [4.78, 5) is 20.3. The Morgan fingerprint density at radius 1 is 1.00 bits per heavy atom. The van der Waals surface area contributed by atoms with Crippen LogP contribution in [0.2, 0.25) is 5.02 Å². The maximum Gasteiger partial charge on any atom is 0.271 e. The first-order valence-electron chi connectivity index (χ1n) is 13.8. The first-order valence-corrected chi connectivity index (χ1v) is 14.6. The van der Waals surface area contributed by atoms with Crippen LogP contribution in [0.3, 0.4) is 0 Å². The summed E-state index contributed by atoms with van der Waals surface area (Å²) in [5.74, 6) is 1.21. The topological polar surface area (TPSA) is 79.5 Å². The Hall–Kier alpha value is -3.95. The van der Waals surface area contributed by atoms with Crippen molar-refractivity contribution in [3.05, 3.63) is 112 Å². The number of nitro groups is 1. The summed E-state index contributed by atoms with van der Waals surface area (Å²) >= 11 is 12.9. The van der Waals surface area contributed by atoms with E-state index in [-0.39, 0.29) is 22.7 Å². The molecular formula is C31H31ClN6O2S. The summed E-state index contributed by atoms with van der Waals surface area (Å²) in [5.41, 5.74) is 4.37. The second-order valence-electron chi connectivity index (χ2n) is 11.1. The molecule has 4 heterocycles. The average Bonchev–Trinajstić information content (AvgIpc) is 3.57. The highest BCUT2D eigenvalue weighted by molar-refractivity contribution is 7.80. The first-order chi connectivity index (χ1) is 19.8. The predicted octanol–water partition coefficient (Wildman–Crippen LogP) is 7.09. The molecule has 2 aromatic heterocycles. The van der Waals surface area contributed by atoms with Gasteiger partial charge in [0, 0.05) is 49.0 Å². The van der Waals surface area contributed by atoms with Crippen LogP contribution < -0.4 is 15.1 Å². The zero-order valence-corrected chi connectivity index (χ0v) is 24.4. The molecule has 210 valence electrons. The fourth-order valence-corrected chi connectivity index (χ4v) is 6.96. The van der Waals surface area contributed by atoms with Crippen molar-refractivity contribution in [3.8, 4) is 5.69 Å². The van der Waals surface area contributed by atoms with Gasteiger partial charge in [0.15, 0.2) is 5.11 Å². The van der Waals surface area contributed by atoms with E-state index in [2.05, 4.69) is 46.1 Å². The van der Waals surface area contributed by atoms with E-state index >= 15 is 0 Å². The van der Waals surface area contributed by atoms with Gasteiger partial charge in [-0.15, -0.1) is 0 Å². The molecule has 10 heteroatoms. The molecule has 4 aromatic rings. The maximum absolute atomic E-state index is 11.5. The molecule has 41 heavy (non-hydrogen) atoms. The third-order valence-corrected chi connectivity index (χ3v) is 8.54. The summed E-state index contributed by atoms with van der Waals surface area (Å²) in [5, 5.41) is 16.3. The Kier molecular flexibility index (Phi) is 7.40. The van der Waals surface area contributed by atoms with Crippen LogP contribution in [0.15, 0.2) is 85.2 Å². The Bertz CT molecular complexity index is 1580. The molecule has 0 radical (unpaired) electrons. The monoisotopic (exact) mass is 586 g/mol. The van der Waals surface area contributed by atoms with Gasteiger partial charge in [-0.2, -0.15) is 0 Å². The van der Waals surface area contributed by atoms with Crippen LogP contribution >= 0.6 is 23.8 Å². The van der Waals surface area contributed by atoms with E-state index < -0.39 is 0 Å². The number of hydrogen-bond acceptors (Lipinski definition) is 5. The Balaban J connectivity index is 1.43. The van der Waals surface area contributed by atoms with Gasteiger partial charge < -0.3 is 19.7 Å². The van der Waals surface area contributed by atoms with Crippen LogP contribution in [-0.2, 0) is 0 Å². The molecule has 2 aromatic carbocycles. The molecule has 2 saturated heterocycles. The van der Waals surface area contributed by atoms with Crippen molar-refractivity contribution in [2.45, 2.75) is 32.4 Å². The molecule has 8 nitrogen and oxygen atoms in total. The minimum absolute atomic E-state index is 0.0315.